The van der Waals surface area contributed by atoms with E-state index in [0.29, 0.717) is 37.4 Å². The smallest absolute Gasteiger partial charge is 0.242 e. The van der Waals surface area contributed by atoms with E-state index in [-0.39, 0.29) is 16.0 Å². The predicted molar refractivity (Wildman–Crippen MR) is 134 cm³/mol. The summed E-state index contributed by atoms with van der Waals surface area (Å²) in [7, 11) is -0.802. The number of aromatic nitrogens is 2. The molecule has 1 aliphatic rings. The quantitative estimate of drug-likeness (QED) is 0.416. The van der Waals surface area contributed by atoms with E-state index in [4.69, 9.17) is 4.74 Å². The predicted octanol–water partition coefficient (Wildman–Crippen LogP) is 2.16. The van der Waals surface area contributed by atoms with Gasteiger partial charge in [-0.25, -0.2) is 12.7 Å². The Kier molecular flexibility index (Phi) is 7.74. The Balaban J connectivity index is 1.69. The Morgan fingerprint density at radius 1 is 1.08 bits per heavy atom. The molecule has 0 spiro atoms. The highest BCUT2D eigenvalue weighted by Crippen LogP contribution is 2.42. The molecule has 2 N–H and O–H groups in total. The number of carbonyl (C=O) groups is 1. The molecule has 3 aromatic rings. The molecule has 1 aromatic carbocycles. The normalized spacial score (nSPS) is 14.9. The molecular formula is C25H30N4O6S. The number of nitrogens with zero attached hydrogens (tertiary/aromatic N) is 4. The highest BCUT2D eigenvalue weighted by atomic mass is 32.2. The lowest BCUT2D eigenvalue weighted by molar-refractivity contribution is 0.0369. The SMILES string of the molecule is CN(C)S(=O)(=O)c1ccc(C(=O)c2c(O)c(O)n(CCCN3CCOCC3)c2-c2cccnc2)cc1. The van der Waals surface area contributed by atoms with E-state index in [0.717, 1.165) is 23.9 Å². The summed E-state index contributed by atoms with van der Waals surface area (Å²) in [4.78, 5) is 20.0. The summed E-state index contributed by atoms with van der Waals surface area (Å²) >= 11 is 0. The first-order chi connectivity index (χ1) is 17.2. The number of rotatable bonds is 9. The summed E-state index contributed by atoms with van der Waals surface area (Å²) in [5, 5.41) is 21.7. The summed E-state index contributed by atoms with van der Waals surface area (Å²) < 4.78 is 32.8. The average Bonchev–Trinajstić information content (AvgIpc) is 3.14. The van der Waals surface area contributed by atoms with Gasteiger partial charge < -0.3 is 19.5 Å². The van der Waals surface area contributed by atoms with Crippen LogP contribution in [0.4, 0.5) is 0 Å². The third kappa shape index (κ3) is 5.14. The first-order valence-electron chi connectivity index (χ1n) is 11.6. The Morgan fingerprint density at radius 2 is 1.78 bits per heavy atom. The zero-order valence-corrected chi connectivity index (χ0v) is 21.1. The van der Waals surface area contributed by atoms with Gasteiger partial charge in [0.15, 0.2) is 11.5 Å². The average molecular weight is 515 g/mol. The Morgan fingerprint density at radius 3 is 2.39 bits per heavy atom. The molecule has 11 heteroatoms. The van der Waals surface area contributed by atoms with E-state index in [9.17, 15) is 23.4 Å². The van der Waals surface area contributed by atoms with Crippen molar-refractivity contribution in [2.75, 3.05) is 46.9 Å². The highest BCUT2D eigenvalue weighted by molar-refractivity contribution is 7.89. The van der Waals surface area contributed by atoms with Crippen molar-refractivity contribution >= 4 is 15.8 Å². The molecule has 36 heavy (non-hydrogen) atoms. The van der Waals surface area contributed by atoms with Gasteiger partial charge in [-0.05, 0) is 42.8 Å². The standard InChI is InChI=1S/C25H30N4O6S/c1-27(2)36(33,34)20-8-6-18(7-9-20)23(30)21-22(19-5-3-10-26-17-19)29(25(32)24(21)31)12-4-11-28-13-15-35-16-14-28/h3,5-10,17,31-32H,4,11-16H2,1-2H3. The van der Waals surface area contributed by atoms with Crippen LogP contribution in [-0.2, 0) is 21.3 Å². The number of benzene rings is 1. The Hall–Kier alpha value is -3.25. The summed E-state index contributed by atoms with van der Waals surface area (Å²) in [5.74, 6) is -1.46. The van der Waals surface area contributed by atoms with Gasteiger partial charge in [-0.3, -0.25) is 14.7 Å². The van der Waals surface area contributed by atoms with Crippen molar-refractivity contribution in [2.24, 2.45) is 0 Å². The summed E-state index contributed by atoms with van der Waals surface area (Å²) in [6.07, 6.45) is 3.84. The number of ketones is 1. The molecule has 1 fully saturated rings. The molecule has 0 atom stereocenters. The third-order valence-corrected chi connectivity index (χ3v) is 8.06. The molecule has 0 saturated carbocycles. The Bertz CT molecular complexity index is 1310. The number of carbonyl (C=O) groups excluding carboxylic acids is 1. The minimum Gasteiger partial charge on any atom is -0.503 e. The van der Waals surface area contributed by atoms with Crippen molar-refractivity contribution in [1.82, 2.24) is 18.8 Å². The lowest BCUT2D eigenvalue weighted by atomic mass is 10.00. The number of aromatic hydroxyl groups is 2. The maximum atomic E-state index is 13.6. The van der Waals surface area contributed by atoms with Crippen LogP contribution < -0.4 is 0 Å². The molecule has 0 radical (unpaired) electrons. The second kappa shape index (κ2) is 10.8. The fourth-order valence-corrected chi connectivity index (χ4v) is 5.14. The van der Waals surface area contributed by atoms with Gasteiger partial charge in [0, 0.05) is 63.8 Å². The van der Waals surface area contributed by atoms with Crippen molar-refractivity contribution in [1.29, 1.82) is 0 Å². The number of pyridine rings is 1. The highest BCUT2D eigenvalue weighted by Gasteiger charge is 2.29. The maximum Gasteiger partial charge on any atom is 0.242 e. The number of sulfonamides is 1. The van der Waals surface area contributed by atoms with E-state index < -0.39 is 27.4 Å². The van der Waals surface area contributed by atoms with Gasteiger partial charge in [-0.1, -0.05) is 0 Å². The van der Waals surface area contributed by atoms with Gasteiger partial charge in [0.2, 0.25) is 15.9 Å². The van der Waals surface area contributed by atoms with Gasteiger partial charge in [0.1, 0.15) is 0 Å². The van der Waals surface area contributed by atoms with Crippen LogP contribution in [-0.4, -0.2) is 90.1 Å². The molecule has 1 saturated heterocycles. The zero-order valence-electron chi connectivity index (χ0n) is 20.3. The molecule has 2 aromatic heterocycles. The third-order valence-electron chi connectivity index (χ3n) is 6.23. The van der Waals surface area contributed by atoms with Crippen LogP contribution >= 0.6 is 0 Å². The number of hydrogen-bond donors (Lipinski definition) is 2. The molecule has 0 unspecified atom stereocenters. The van der Waals surface area contributed by atoms with Crippen molar-refractivity contribution in [3.63, 3.8) is 0 Å². The molecule has 4 rings (SSSR count). The second-order valence-corrected chi connectivity index (χ2v) is 10.9. The van der Waals surface area contributed by atoms with Crippen molar-refractivity contribution in [3.05, 3.63) is 59.9 Å². The van der Waals surface area contributed by atoms with E-state index in [1.54, 1.807) is 24.5 Å². The fourth-order valence-electron chi connectivity index (χ4n) is 4.24. The monoisotopic (exact) mass is 514 g/mol. The topological polar surface area (TPSA) is 125 Å². The van der Waals surface area contributed by atoms with E-state index in [2.05, 4.69) is 9.88 Å². The van der Waals surface area contributed by atoms with Crippen molar-refractivity contribution in [2.45, 2.75) is 17.9 Å². The van der Waals surface area contributed by atoms with Crippen LogP contribution in [0.2, 0.25) is 0 Å². The van der Waals surface area contributed by atoms with Crippen LogP contribution in [0.15, 0.2) is 53.7 Å². The van der Waals surface area contributed by atoms with Gasteiger partial charge in [-0.15, -0.1) is 0 Å². The van der Waals surface area contributed by atoms with Crippen LogP contribution in [0.25, 0.3) is 11.3 Å². The zero-order chi connectivity index (χ0) is 25.9. The number of ether oxygens (including phenoxy) is 1. The summed E-state index contributed by atoms with van der Waals surface area (Å²) in [6.45, 7) is 4.18. The maximum absolute atomic E-state index is 13.6. The molecule has 0 aliphatic carbocycles. The summed E-state index contributed by atoms with van der Waals surface area (Å²) in [6, 6.07) is 8.97. The lowest BCUT2D eigenvalue weighted by Crippen LogP contribution is -2.37. The van der Waals surface area contributed by atoms with E-state index >= 15 is 0 Å². The van der Waals surface area contributed by atoms with Crippen molar-refractivity contribution in [3.8, 4) is 22.9 Å². The van der Waals surface area contributed by atoms with Crippen LogP contribution in [0.5, 0.6) is 11.6 Å². The van der Waals surface area contributed by atoms with E-state index in [1.165, 1.54) is 42.9 Å². The number of morpholine rings is 1. The van der Waals surface area contributed by atoms with Gasteiger partial charge in [0.05, 0.1) is 29.4 Å². The van der Waals surface area contributed by atoms with Crippen LogP contribution in [0.1, 0.15) is 22.3 Å². The molecule has 10 nitrogen and oxygen atoms in total. The molecule has 1 aliphatic heterocycles. The lowest BCUT2D eigenvalue weighted by Gasteiger charge is -2.26. The molecule has 0 amide bonds. The second-order valence-electron chi connectivity index (χ2n) is 8.74. The Labute approximate surface area is 210 Å². The summed E-state index contributed by atoms with van der Waals surface area (Å²) in [5.41, 5.74) is 1.04. The van der Waals surface area contributed by atoms with Gasteiger partial charge in [0.25, 0.3) is 0 Å². The molecule has 192 valence electrons. The first-order valence-corrected chi connectivity index (χ1v) is 13.1. The fraction of sp³-hybridized carbons (Fsp3) is 0.360. The van der Waals surface area contributed by atoms with Gasteiger partial charge >= 0.3 is 0 Å². The van der Waals surface area contributed by atoms with Crippen molar-refractivity contribution < 1.29 is 28.2 Å². The first kappa shape index (κ1) is 25.8. The van der Waals surface area contributed by atoms with Crippen LogP contribution in [0, 0.1) is 0 Å². The van der Waals surface area contributed by atoms with E-state index in [1.807, 2.05) is 0 Å². The van der Waals surface area contributed by atoms with Gasteiger partial charge in [-0.2, -0.15) is 0 Å². The molecular weight excluding hydrogens is 484 g/mol. The molecule has 3 heterocycles. The minimum absolute atomic E-state index is 0.0456. The van der Waals surface area contributed by atoms with Crippen LogP contribution in [0.3, 0.4) is 0 Å². The molecule has 0 bridgehead atoms. The number of hydrogen-bond acceptors (Lipinski definition) is 8. The largest absolute Gasteiger partial charge is 0.503 e. The minimum atomic E-state index is -3.66.